The molecule has 0 atom stereocenters. The van der Waals surface area contributed by atoms with Gasteiger partial charge in [-0.05, 0) is 24.3 Å². The molecule has 0 fully saturated rings. The monoisotopic (exact) mass is 245 g/mol. The summed E-state index contributed by atoms with van der Waals surface area (Å²) in [6.07, 6.45) is 1.49. The average Bonchev–Trinajstić information content (AvgIpc) is 2.35. The Morgan fingerprint density at radius 3 is 2.35 bits per heavy atom. The van der Waals surface area contributed by atoms with Crippen molar-refractivity contribution in [2.45, 2.75) is 0 Å². The zero-order chi connectivity index (χ0) is 12.1. The third-order valence-electron chi connectivity index (χ3n) is 2.09. The number of hydrogen-bond acceptors (Lipinski definition) is 3. The second kappa shape index (κ2) is 5.30. The summed E-state index contributed by atoms with van der Waals surface area (Å²) < 4.78 is 5.59. The number of carbonyl (C=O) groups excluding carboxylic acids is 1. The molecule has 84 valence electrons. The van der Waals surface area contributed by atoms with Crippen molar-refractivity contribution in [3.8, 4) is 11.5 Å². The SMILES string of the molecule is O=C=Nc1ccccc1Oc1ccccc1Cl. The first-order valence-corrected chi connectivity index (χ1v) is 5.28. The van der Waals surface area contributed by atoms with E-state index in [0.717, 1.165) is 0 Å². The normalized spacial score (nSPS) is 9.47. The summed E-state index contributed by atoms with van der Waals surface area (Å²) in [5.41, 5.74) is 0.419. The van der Waals surface area contributed by atoms with Crippen molar-refractivity contribution in [3.05, 3.63) is 53.6 Å². The minimum absolute atomic E-state index is 0.419. The second-order valence-corrected chi connectivity index (χ2v) is 3.61. The van der Waals surface area contributed by atoms with Crippen molar-refractivity contribution in [2.24, 2.45) is 4.99 Å². The Labute approximate surface area is 103 Å². The number of rotatable bonds is 3. The van der Waals surface area contributed by atoms with Crippen molar-refractivity contribution < 1.29 is 9.53 Å². The largest absolute Gasteiger partial charge is 0.453 e. The standard InChI is InChI=1S/C13H8ClNO2/c14-10-5-1-3-7-12(10)17-13-8-4-2-6-11(13)15-9-16/h1-8H. The summed E-state index contributed by atoms with van der Waals surface area (Å²) in [5.74, 6) is 0.978. The van der Waals surface area contributed by atoms with Gasteiger partial charge in [0.05, 0.1) is 5.02 Å². The number of ether oxygens (including phenoxy) is 1. The van der Waals surface area contributed by atoms with Gasteiger partial charge in [0.15, 0.2) is 5.75 Å². The van der Waals surface area contributed by atoms with Crippen LogP contribution in [-0.2, 0) is 4.79 Å². The molecular weight excluding hydrogens is 238 g/mol. The van der Waals surface area contributed by atoms with E-state index in [-0.39, 0.29) is 0 Å². The summed E-state index contributed by atoms with van der Waals surface area (Å²) in [6.45, 7) is 0. The van der Waals surface area contributed by atoms with Gasteiger partial charge in [-0.2, -0.15) is 4.99 Å². The molecule has 2 rings (SSSR count). The minimum Gasteiger partial charge on any atom is -0.453 e. The maximum absolute atomic E-state index is 10.3. The lowest BCUT2D eigenvalue weighted by atomic mass is 10.3. The van der Waals surface area contributed by atoms with Crippen LogP contribution in [0.3, 0.4) is 0 Å². The zero-order valence-corrected chi connectivity index (χ0v) is 9.52. The Bertz CT molecular complexity index is 577. The molecule has 0 radical (unpaired) electrons. The van der Waals surface area contributed by atoms with Crippen LogP contribution in [0.4, 0.5) is 5.69 Å². The lowest BCUT2D eigenvalue weighted by molar-refractivity contribution is 0.484. The molecule has 0 aromatic heterocycles. The maximum atomic E-state index is 10.3. The van der Waals surface area contributed by atoms with Gasteiger partial charge in [0.25, 0.3) is 0 Å². The predicted molar refractivity (Wildman–Crippen MR) is 65.7 cm³/mol. The second-order valence-electron chi connectivity index (χ2n) is 3.20. The van der Waals surface area contributed by atoms with E-state index in [1.165, 1.54) is 6.08 Å². The van der Waals surface area contributed by atoms with Gasteiger partial charge in [-0.25, -0.2) is 4.79 Å². The first-order chi connectivity index (χ1) is 8.31. The number of aliphatic imine (C=N–C) groups is 1. The number of nitrogens with zero attached hydrogens (tertiary/aromatic N) is 1. The van der Waals surface area contributed by atoms with Gasteiger partial charge in [-0.1, -0.05) is 35.9 Å². The molecule has 0 saturated heterocycles. The Balaban J connectivity index is 2.36. The molecule has 0 bridgehead atoms. The topological polar surface area (TPSA) is 38.7 Å². The molecule has 0 heterocycles. The molecule has 0 amide bonds. The Morgan fingerprint density at radius 1 is 1.00 bits per heavy atom. The van der Waals surface area contributed by atoms with Gasteiger partial charge in [0, 0.05) is 0 Å². The predicted octanol–water partition coefficient (Wildman–Crippen LogP) is 4.10. The van der Waals surface area contributed by atoms with Crippen molar-refractivity contribution in [1.82, 2.24) is 0 Å². The van der Waals surface area contributed by atoms with Crippen LogP contribution in [-0.4, -0.2) is 6.08 Å². The summed E-state index contributed by atoms with van der Waals surface area (Å²) >= 11 is 5.97. The van der Waals surface area contributed by atoms with Gasteiger partial charge >= 0.3 is 0 Å². The summed E-state index contributed by atoms with van der Waals surface area (Å²) in [4.78, 5) is 13.8. The molecule has 17 heavy (non-hydrogen) atoms. The first kappa shape index (κ1) is 11.4. The highest BCUT2D eigenvalue weighted by atomic mass is 35.5. The van der Waals surface area contributed by atoms with Crippen molar-refractivity contribution in [2.75, 3.05) is 0 Å². The molecule has 0 unspecified atom stereocenters. The molecule has 2 aromatic rings. The fourth-order valence-electron chi connectivity index (χ4n) is 1.33. The van der Waals surface area contributed by atoms with E-state index in [2.05, 4.69) is 4.99 Å². The zero-order valence-electron chi connectivity index (χ0n) is 8.76. The van der Waals surface area contributed by atoms with Gasteiger partial charge in [-0.3, -0.25) is 0 Å². The van der Waals surface area contributed by atoms with Crippen LogP contribution < -0.4 is 4.74 Å². The molecule has 0 aliphatic carbocycles. The van der Waals surface area contributed by atoms with Crippen molar-refractivity contribution >= 4 is 23.4 Å². The summed E-state index contributed by atoms with van der Waals surface area (Å²) in [6, 6.07) is 14.0. The lowest BCUT2D eigenvalue weighted by Crippen LogP contribution is -1.85. The molecule has 0 saturated carbocycles. The van der Waals surface area contributed by atoms with Crippen LogP contribution in [0.5, 0.6) is 11.5 Å². The fraction of sp³-hybridized carbons (Fsp3) is 0. The number of benzene rings is 2. The number of isocyanates is 1. The highest BCUT2D eigenvalue weighted by Crippen LogP contribution is 2.34. The van der Waals surface area contributed by atoms with Crippen LogP contribution in [0, 0.1) is 0 Å². The van der Waals surface area contributed by atoms with Crippen LogP contribution in [0.2, 0.25) is 5.02 Å². The minimum atomic E-state index is 0.419. The third kappa shape index (κ3) is 2.72. The van der Waals surface area contributed by atoms with Crippen LogP contribution in [0.15, 0.2) is 53.5 Å². The first-order valence-electron chi connectivity index (χ1n) is 4.90. The Morgan fingerprint density at radius 2 is 1.65 bits per heavy atom. The molecule has 0 spiro atoms. The molecular formula is C13H8ClNO2. The highest BCUT2D eigenvalue weighted by Gasteiger charge is 2.05. The molecule has 2 aromatic carbocycles. The van der Waals surface area contributed by atoms with Gasteiger partial charge in [0.1, 0.15) is 11.4 Å². The van der Waals surface area contributed by atoms with E-state index in [9.17, 15) is 4.79 Å². The fourth-order valence-corrected chi connectivity index (χ4v) is 1.51. The summed E-state index contributed by atoms with van der Waals surface area (Å²) in [5, 5.41) is 0.498. The number of halogens is 1. The van der Waals surface area contributed by atoms with Crippen LogP contribution >= 0.6 is 11.6 Å². The molecule has 3 nitrogen and oxygen atoms in total. The van der Waals surface area contributed by atoms with E-state index in [0.29, 0.717) is 22.2 Å². The van der Waals surface area contributed by atoms with Crippen LogP contribution in [0.1, 0.15) is 0 Å². The van der Waals surface area contributed by atoms with Crippen LogP contribution in [0.25, 0.3) is 0 Å². The molecule has 0 N–H and O–H groups in total. The molecule has 4 heteroatoms. The van der Waals surface area contributed by atoms with Gasteiger partial charge < -0.3 is 4.74 Å². The Kier molecular flexibility index (Phi) is 3.55. The van der Waals surface area contributed by atoms with E-state index in [4.69, 9.17) is 16.3 Å². The maximum Gasteiger partial charge on any atom is 0.240 e. The van der Waals surface area contributed by atoms with Crippen molar-refractivity contribution in [3.63, 3.8) is 0 Å². The van der Waals surface area contributed by atoms with Gasteiger partial charge in [-0.15, -0.1) is 0 Å². The molecule has 0 aliphatic heterocycles. The smallest absolute Gasteiger partial charge is 0.240 e. The lowest BCUT2D eigenvalue weighted by Gasteiger charge is -2.08. The number of hydrogen-bond donors (Lipinski definition) is 0. The van der Waals surface area contributed by atoms with Crippen molar-refractivity contribution in [1.29, 1.82) is 0 Å². The average molecular weight is 246 g/mol. The van der Waals surface area contributed by atoms with E-state index < -0.39 is 0 Å². The quantitative estimate of drug-likeness (QED) is 0.603. The highest BCUT2D eigenvalue weighted by molar-refractivity contribution is 6.32. The van der Waals surface area contributed by atoms with E-state index in [1.807, 2.05) is 12.1 Å². The third-order valence-corrected chi connectivity index (χ3v) is 2.40. The molecule has 0 aliphatic rings. The van der Waals surface area contributed by atoms with E-state index >= 15 is 0 Å². The Hall–Kier alpha value is -2.09. The van der Waals surface area contributed by atoms with E-state index in [1.54, 1.807) is 36.4 Å². The number of para-hydroxylation sites is 3. The van der Waals surface area contributed by atoms with Gasteiger partial charge in [0.2, 0.25) is 6.08 Å². The summed E-state index contributed by atoms with van der Waals surface area (Å²) in [7, 11) is 0.